The van der Waals surface area contributed by atoms with Gasteiger partial charge in [-0.25, -0.2) is 0 Å². The second kappa shape index (κ2) is 5.94. The molecule has 0 saturated carbocycles. The van der Waals surface area contributed by atoms with Crippen molar-refractivity contribution in [2.45, 2.75) is 32.4 Å². The molecule has 4 heteroatoms. The first kappa shape index (κ1) is 13.7. The summed E-state index contributed by atoms with van der Waals surface area (Å²) >= 11 is 0. The number of hydrogen-bond acceptors (Lipinski definition) is 4. The van der Waals surface area contributed by atoms with Crippen molar-refractivity contribution in [3.63, 3.8) is 0 Å². The third-order valence-corrected chi connectivity index (χ3v) is 3.63. The molecule has 0 radical (unpaired) electrons. The second-order valence-electron chi connectivity index (χ2n) is 5.14. The van der Waals surface area contributed by atoms with Gasteiger partial charge < -0.3 is 15.0 Å². The molecule has 1 aliphatic heterocycles. The number of hydrogen-bond donors (Lipinski definition) is 1. The molecule has 1 heterocycles. The number of rotatable bonds is 3. The number of ether oxygens (including phenoxy) is 1. The number of methoxy groups -OCH3 is 1. The van der Waals surface area contributed by atoms with Crippen molar-refractivity contribution >= 4 is 5.69 Å². The summed E-state index contributed by atoms with van der Waals surface area (Å²) in [4.78, 5) is 2.34. The topological polar surface area (TPSA) is 48.3 Å². The van der Waals surface area contributed by atoms with Gasteiger partial charge in [-0.2, -0.15) is 5.26 Å². The number of piperazine rings is 1. The van der Waals surface area contributed by atoms with E-state index in [1.54, 1.807) is 7.11 Å². The van der Waals surface area contributed by atoms with Crippen LogP contribution in [0.1, 0.15) is 18.9 Å². The molecule has 1 aromatic rings. The predicted molar refractivity (Wildman–Crippen MR) is 76.6 cm³/mol. The lowest BCUT2D eigenvalue weighted by molar-refractivity contribution is 0.389. The van der Waals surface area contributed by atoms with Crippen LogP contribution in [0.5, 0.6) is 5.75 Å². The van der Waals surface area contributed by atoms with Gasteiger partial charge in [-0.1, -0.05) is 6.07 Å². The molecule has 0 bridgehead atoms. The van der Waals surface area contributed by atoms with Gasteiger partial charge in [0.05, 0.1) is 25.3 Å². The average Bonchev–Trinajstić information content (AvgIpc) is 2.41. The third kappa shape index (κ3) is 2.99. The van der Waals surface area contributed by atoms with E-state index in [9.17, 15) is 0 Å². The maximum Gasteiger partial charge on any atom is 0.142 e. The maximum atomic E-state index is 8.85. The Kier molecular flexibility index (Phi) is 4.28. The van der Waals surface area contributed by atoms with E-state index in [2.05, 4.69) is 42.3 Å². The van der Waals surface area contributed by atoms with Crippen LogP contribution >= 0.6 is 0 Å². The van der Waals surface area contributed by atoms with E-state index in [0.29, 0.717) is 12.5 Å². The fourth-order valence-electron chi connectivity index (χ4n) is 2.54. The molecule has 2 atom stereocenters. The molecule has 0 spiro atoms. The largest absolute Gasteiger partial charge is 0.495 e. The molecule has 1 N–H and O–H groups in total. The van der Waals surface area contributed by atoms with Gasteiger partial charge in [0.2, 0.25) is 0 Å². The lowest BCUT2D eigenvalue weighted by atomic mass is 10.1. The summed E-state index contributed by atoms with van der Waals surface area (Å²) < 4.78 is 5.47. The molecule has 102 valence electrons. The van der Waals surface area contributed by atoms with Crippen molar-refractivity contribution in [3.05, 3.63) is 23.8 Å². The van der Waals surface area contributed by atoms with Crippen molar-refractivity contribution in [3.8, 4) is 11.8 Å². The SMILES string of the molecule is COc1ccc(C)cc1N1CC(CC#N)NCC1C. The van der Waals surface area contributed by atoms with Crippen molar-refractivity contribution in [2.24, 2.45) is 0 Å². The van der Waals surface area contributed by atoms with E-state index in [1.807, 2.05) is 6.07 Å². The molecule has 4 nitrogen and oxygen atoms in total. The number of anilines is 1. The van der Waals surface area contributed by atoms with Crippen LogP contribution in [-0.4, -0.2) is 32.3 Å². The minimum Gasteiger partial charge on any atom is -0.495 e. The van der Waals surface area contributed by atoms with E-state index < -0.39 is 0 Å². The van der Waals surface area contributed by atoms with Gasteiger partial charge in [0.25, 0.3) is 0 Å². The van der Waals surface area contributed by atoms with Gasteiger partial charge in [-0.3, -0.25) is 0 Å². The molecule has 2 unspecified atom stereocenters. The minimum absolute atomic E-state index is 0.228. The van der Waals surface area contributed by atoms with E-state index in [1.165, 1.54) is 5.56 Å². The normalized spacial score (nSPS) is 22.9. The molecule has 1 aliphatic rings. The molecule has 19 heavy (non-hydrogen) atoms. The fraction of sp³-hybridized carbons (Fsp3) is 0.533. The zero-order valence-corrected chi connectivity index (χ0v) is 11.8. The molecule has 1 fully saturated rings. The van der Waals surface area contributed by atoms with Crippen LogP contribution in [0.25, 0.3) is 0 Å². The van der Waals surface area contributed by atoms with Crippen molar-refractivity contribution in [2.75, 3.05) is 25.1 Å². The molecule has 1 saturated heterocycles. The summed E-state index contributed by atoms with van der Waals surface area (Å²) in [5, 5.41) is 12.3. The van der Waals surface area contributed by atoms with E-state index >= 15 is 0 Å². The maximum absolute atomic E-state index is 8.85. The van der Waals surface area contributed by atoms with Gasteiger partial charge >= 0.3 is 0 Å². The van der Waals surface area contributed by atoms with Gasteiger partial charge in [-0.05, 0) is 31.5 Å². The smallest absolute Gasteiger partial charge is 0.142 e. The minimum atomic E-state index is 0.228. The number of aryl methyl sites for hydroxylation is 1. The summed E-state index contributed by atoms with van der Waals surface area (Å²) in [5.74, 6) is 0.898. The quantitative estimate of drug-likeness (QED) is 0.903. The summed E-state index contributed by atoms with van der Waals surface area (Å²) in [6.45, 7) is 6.01. The van der Waals surface area contributed by atoms with Crippen LogP contribution < -0.4 is 15.0 Å². The molecule has 0 aromatic heterocycles. The Bertz CT molecular complexity index is 481. The van der Waals surface area contributed by atoms with Crippen molar-refractivity contribution in [1.29, 1.82) is 5.26 Å². The lowest BCUT2D eigenvalue weighted by Crippen LogP contribution is -2.55. The van der Waals surface area contributed by atoms with Crippen LogP contribution in [0.4, 0.5) is 5.69 Å². The van der Waals surface area contributed by atoms with Crippen LogP contribution in [0, 0.1) is 18.3 Å². The highest BCUT2D eigenvalue weighted by molar-refractivity contribution is 5.61. The summed E-state index contributed by atoms with van der Waals surface area (Å²) in [7, 11) is 1.70. The Morgan fingerprint density at radius 3 is 3.00 bits per heavy atom. The summed E-state index contributed by atoms with van der Waals surface area (Å²) in [6.07, 6.45) is 0.539. The molecule has 2 rings (SSSR count). The monoisotopic (exact) mass is 259 g/mol. The molecular weight excluding hydrogens is 238 g/mol. The molecular formula is C15H21N3O. The number of nitrogens with zero attached hydrogens (tertiary/aromatic N) is 2. The first-order chi connectivity index (χ1) is 9.15. The second-order valence-corrected chi connectivity index (χ2v) is 5.14. The lowest BCUT2D eigenvalue weighted by Gasteiger charge is -2.40. The Balaban J connectivity index is 2.28. The van der Waals surface area contributed by atoms with Crippen molar-refractivity contribution < 1.29 is 4.74 Å². The first-order valence-electron chi connectivity index (χ1n) is 6.67. The van der Waals surface area contributed by atoms with E-state index in [-0.39, 0.29) is 6.04 Å². The molecule has 0 amide bonds. The standard InChI is InChI=1S/C15H21N3O/c1-11-4-5-15(19-3)14(8-11)18-10-13(6-7-16)17-9-12(18)2/h4-5,8,12-13,17H,6,9-10H2,1-3H3. The summed E-state index contributed by atoms with van der Waals surface area (Å²) in [6, 6.07) is 9.09. The zero-order chi connectivity index (χ0) is 13.8. The van der Waals surface area contributed by atoms with Crippen LogP contribution in [0.2, 0.25) is 0 Å². The molecule has 0 aliphatic carbocycles. The third-order valence-electron chi connectivity index (χ3n) is 3.63. The predicted octanol–water partition coefficient (Wildman–Crippen LogP) is 2.08. The molecule has 1 aromatic carbocycles. The Labute approximate surface area is 115 Å². The Hall–Kier alpha value is -1.73. The summed E-state index contributed by atoms with van der Waals surface area (Å²) in [5.41, 5.74) is 2.35. The van der Waals surface area contributed by atoms with Gasteiger partial charge in [-0.15, -0.1) is 0 Å². The average molecular weight is 259 g/mol. The van der Waals surface area contributed by atoms with Gasteiger partial charge in [0, 0.05) is 25.2 Å². The Morgan fingerprint density at radius 1 is 1.53 bits per heavy atom. The highest BCUT2D eigenvalue weighted by atomic mass is 16.5. The van der Waals surface area contributed by atoms with Crippen LogP contribution in [0.3, 0.4) is 0 Å². The van der Waals surface area contributed by atoms with Gasteiger partial charge in [0.15, 0.2) is 0 Å². The van der Waals surface area contributed by atoms with E-state index in [4.69, 9.17) is 10.00 Å². The Morgan fingerprint density at radius 2 is 2.32 bits per heavy atom. The van der Waals surface area contributed by atoms with Crippen LogP contribution in [-0.2, 0) is 0 Å². The van der Waals surface area contributed by atoms with Crippen LogP contribution in [0.15, 0.2) is 18.2 Å². The highest BCUT2D eigenvalue weighted by Crippen LogP contribution is 2.31. The zero-order valence-electron chi connectivity index (χ0n) is 11.8. The van der Waals surface area contributed by atoms with Gasteiger partial charge in [0.1, 0.15) is 5.75 Å². The number of benzene rings is 1. The van der Waals surface area contributed by atoms with Crippen molar-refractivity contribution in [1.82, 2.24) is 5.32 Å². The number of nitrogens with one attached hydrogen (secondary N) is 1. The number of nitriles is 1. The fourth-order valence-corrected chi connectivity index (χ4v) is 2.54. The van der Waals surface area contributed by atoms with E-state index in [0.717, 1.165) is 24.5 Å². The highest BCUT2D eigenvalue weighted by Gasteiger charge is 2.26. The first-order valence-corrected chi connectivity index (χ1v) is 6.67.